The Morgan fingerprint density at radius 3 is 2.84 bits per heavy atom. The Hall–Kier alpha value is -2.18. The molecule has 1 amide bonds. The van der Waals surface area contributed by atoms with Crippen LogP contribution in [0.5, 0.6) is 0 Å². The molecular formula is C12H18N6O. The van der Waals surface area contributed by atoms with E-state index in [9.17, 15) is 4.79 Å². The zero-order valence-electron chi connectivity index (χ0n) is 11.3. The Kier molecular flexibility index (Phi) is 3.94. The first-order valence-electron chi connectivity index (χ1n) is 6.26. The molecule has 2 aromatic rings. The number of amides is 1. The molecule has 0 aromatic carbocycles. The fourth-order valence-electron chi connectivity index (χ4n) is 1.60. The molecule has 102 valence electrons. The van der Waals surface area contributed by atoms with E-state index >= 15 is 0 Å². The van der Waals surface area contributed by atoms with Crippen molar-refractivity contribution in [3.05, 3.63) is 12.7 Å². The Bertz CT molecular complexity index is 564. The fourth-order valence-corrected chi connectivity index (χ4v) is 1.60. The summed E-state index contributed by atoms with van der Waals surface area (Å²) in [7, 11) is 0. The topological polar surface area (TPSA) is 95.6 Å². The number of nitrogens with one attached hydrogen (secondary N) is 3. The molecule has 0 spiro atoms. The Balaban J connectivity index is 2.04. The average Bonchev–Trinajstić information content (AvgIpc) is 2.85. The lowest BCUT2D eigenvalue weighted by molar-refractivity contribution is -0.121. The van der Waals surface area contributed by atoms with Gasteiger partial charge in [0.25, 0.3) is 0 Å². The third kappa shape index (κ3) is 3.18. The molecule has 2 rings (SSSR count). The summed E-state index contributed by atoms with van der Waals surface area (Å²) >= 11 is 0. The van der Waals surface area contributed by atoms with Crippen molar-refractivity contribution in [3.8, 4) is 0 Å². The van der Waals surface area contributed by atoms with E-state index in [0.29, 0.717) is 29.4 Å². The molecule has 2 aromatic heterocycles. The van der Waals surface area contributed by atoms with Crippen molar-refractivity contribution < 1.29 is 4.79 Å². The smallest absolute Gasteiger partial charge is 0.242 e. The third-order valence-corrected chi connectivity index (χ3v) is 2.65. The number of anilines is 1. The zero-order valence-corrected chi connectivity index (χ0v) is 11.3. The summed E-state index contributed by atoms with van der Waals surface area (Å²) in [5.74, 6) is 0.948. The number of rotatable bonds is 5. The van der Waals surface area contributed by atoms with Gasteiger partial charge < -0.3 is 15.6 Å². The lowest BCUT2D eigenvalue weighted by Crippen LogP contribution is -2.39. The van der Waals surface area contributed by atoms with Gasteiger partial charge in [-0.15, -0.1) is 0 Å². The van der Waals surface area contributed by atoms with Gasteiger partial charge in [0.15, 0.2) is 11.5 Å². The van der Waals surface area contributed by atoms with Crippen LogP contribution in [0.4, 0.5) is 5.82 Å². The van der Waals surface area contributed by atoms with E-state index in [0.717, 1.165) is 0 Å². The fraction of sp³-hybridized carbons (Fsp3) is 0.500. The monoisotopic (exact) mass is 262 g/mol. The molecule has 1 atom stereocenters. The van der Waals surface area contributed by atoms with E-state index in [2.05, 4.69) is 44.4 Å². The molecular weight excluding hydrogens is 244 g/mol. The maximum atomic E-state index is 11.9. The van der Waals surface area contributed by atoms with Crippen molar-refractivity contribution in [1.29, 1.82) is 0 Å². The number of H-pyrrole nitrogens is 1. The standard InChI is InChI=1S/C12H18N6O/c1-7(2)4-13-12(19)8(3)18-11-9-10(15-5-14-9)16-6-17-11/h5-8H,4H2,1-3H3,(H,13,19)(H2,14,15,16,17,18). The summed E-state index contributed by atoms with van der Waals surface area (Å²) in [5.41, 5.74) is 1.28. The van der Waals surface area contributed by atoms with E-state index in [4.69, 9.17) is 0 Å². The molecule has 0 bridgehead atoms. The van der Waals surface area contributed by atoms with Crippen molar-refractivity contribution in [1.82, 2.24) is 25.3 Å². The molecule has 7 heteroatoms. The van der Waals surface area contributed by atoms with Gasteiger partial charge in [0.1, 0.15) is 17.9 Å². The molecule has 2 heterocycles. The van der Waals surface area contributed by atoms with Crippen molar-refractivity contribution >= 4 is 22.9 Å². The zero-order chi connectivity index (χ0) is 13.8. The van der Waals surface area contributed by atoms with E-state index in [1.54, 1.807) is 13.3 Å². The molecule has 7 nitrogen and oxygen atoms in total. The van der Waals surface area contributed by atoms with Gasteiger partial charge >= 0.3 is 0 Å². The second-order valence-electron chi connectivity index (χ2n) is 4.83. The van der Waals surface area contributed by atoms with E-state index < -0.39 is 0 Å². The molecule has 19 heavy (non-hydrogen) atoms. The number of carbonyl (C=O) groups is 1. The first-order valence-corrected chi connectivity index (χ1v) is 6.26. The van der Waals surface area contributed by atoms with Crippen LogP contribution in [0.3, 0.4) is 0 Å². The molecule has 0 saturated carbocycles. The predicted molar refractivity (Wildman–Crippen MR) is 72.6 cm³/mol. The van der Waals surface area contributed by atoms with Crippen LogP contribution in [0.25, 0.3) is 11.2 Å². The average molecular weight is 262 g/mol. The molecule has 0 saturated heterocycles. The number of nitrogens with zero attached hydrogens (tertiary/aromatic N) is 3. The minimum atomic E-state index is -0.375. The van der Waals surface area contributed by atoms with Gasteiger partial charge in [-0.3, -0.25) is 4.79 Å². The predicted octanol–water partition coefficient (Wildman–Crippen LogP) is 0.925. The van der Waals surface area contributed by atoms with Crippen molar-refractivity contribution in [3.63, 3.8) is 0 Å². The number of aromatic nitrogens is 4. The second kappa shape index (κ2) is 5.64. The first-order chi connectivity index (χ1) is 9.08. The number of carbonyl (C=O) groups excluding carboxylic acids is 1. The molecule has 0 aliphatic heterocycles. The van der Waals surface area contributed by atoms with Gasteiger partial charge in [0.05, 0.1) is 6.33 Å². The second-order valence-corrected chi connectivity index (χ2v) is 4.83. The Morgan fingerprint density at radius 2 is 2.11 bits per heavy atom. The van der Waals surface area contributed by atoms with Crippen molar-refractivity contribution in [2.24, 2.45) is 5.92 Å². The van der Waals surface area contributed by atoms with Gasteiger partial charge in [-0.25, -0.2) is 15.0 Å². The quantitative estimate of drug-likeness (QED) is 0.745. The number of hydrogen-bond donors (Lipinski definition) is 3. The van der Waals surface area contributed by atoms with E-state index in [-0.39, 0.29) is 11.9 Å². The lowest BCUT2D eigenvalue weighted by atomic mass is 10.2. The van der Waals surface area contributed by atoms with Crippen LogP contribution < -0.4 is 10.6 Å². The highest BCUT2D eigenvalue weighted by Crippen LogP contribution is 2.15. The number of fused-ring (bicyclic) bond motifs is 1. The summed E-state index contributed by atoms with van der Waals surface area (Å²) < 4.78 is 0. The highest BCUT2D eigenvalue weighted by atomic mass is 16.2. The van der Waals surface area contributed by atoms with Crippen LogP contribution >= 0.6 is 0 Å². The lowest BCUT2D eigenvalue weighted by Gasteiger charge is -2.15. The summed E-state index contributed by atoms with van der Waals surface area (Å²) in [5, 5.41) is 5.93. The third-order valence-electron chi connectivity index (χ3n) is 2.65. The van der Waals surface area contributed by atoms with Gasteiger partial charge in [-0.1, -0.05) is 13.8 Å². The molecule has 0 aliphatic carbocycles. The first kappa shape index (κ1) is 13.3. The maximum absolute atomic E-state index is 11.9. The van der Waals surface area contributed by atoms with Crippen LogP contribution in [0, 0.1) is 5.92 Å². The van der Waals surface area contributed by atoms with Crippen LogP contribution in [0.15, 0.2) is 12.7 Å². The summed E-state index contributed by atoms with van der Waals surface area (Å²) in [4.78, 5) is 27.0. The molecule has 0 fully saturated rings. The van der Waals surface area contributed by atoms with Crippen LogP contribution in [-0.4, -0.2) is 38.4 Å². The van der Waals surface area contributed by atoms with Gasteiger partial charge in [-0.05, 0) is 12.8 Å². The van der Waals surface area contributed by atoms with Gasteiger partial charge in [-0.2, -0.15) is 0 Å². The minimum Gasteiger partial charge on any atom is -0.357 e. The molecule has 0 aliphatic rings. The van der Waals surface area contributed by atoms with Crippen LogP contribution in [0.2, 0.25) is 0 Å². The Labute approximate surface area is 111 Å². The Morgan fingerprint density at radius 1 is 1.32 bits per heavy atom. The number of hydrogen-bond acceptors (Lipinski definition) is 5. The summed E-state index contributed by atoms with van der Waals surface area (Å²) in [6, 6.07) is -0.375. The highest BCUT2D eigenvalue weighted by molar-refractivity contribution is 5.88. The largest absolute Gasteiger partial charge is 0.357 e. The molecule has 1 unspecified atom stereocenters. The summed E-state index contributed by atoms with van der Waals surface area (Å²) in [6.45, 7) is 6.56. The van der Waals surface area contributed by atoms with Crippen molar-refractivity contribution in [2.75, 3.05) is 11.9 Å². The molecule has 3 N–H and O–H groups in total. The minimum absolute atomic E-state index is 0.0556. The van der Waals surface area contributed by atoms with E-state index in [1.807, 2.05) is 0 Å². The van der Waals surface area contributed by atoms with E-state index in [1.165, 1.54) is 6.33 Å². The van der Waals surface area contributed by atoms with Crippen molar-refractivity contribution in [2.45, 2.75) is 26.8 Å². The van der Waals surface area contributed by atoms with Crippen LogP contribution in [0.1, 0.15) is 20.8 Å². The number of imidazole rings is 1. The molecule has 0 radical (unpaired) electrons. The van der Waals surface area contributed by atoms with Gasteiger partial charge in [0, 0.05) is 6.54 Å². The maximum Gasteiger partial charge on any atom is 0.242 e. The highest BCUT2D eigenvalue weighted by Gasteiger charge is 2.15. The number of aromatic amines is 1. The normalized spacial score (nSPS) is 12.6. The van der Waals surface area contributed by atoms with Gasteiger partial charge in [0.2, 0.25) is 5.91 Å². The SMILES string of the molecule is CC(C)CNC(=O)C(C)Nc1ncnc2nc[nH]c12. The summed E-state index contributed by atoms with van der Waals surface area (Å²) in [6.07, 6.45) is 2.97. The van der Waals surface area contributed by atoms with Crippen LogP contribution in [-0.2, 0) is 4.79 Å².